The number of halogens is 1. The molecule has 0 bridgehead atoms. The van der Waals surface area contributed by atoms with E-state index >= 15 is 0 Å². The molecule has 1 heterocycles. The van der Waals surface area contributed by atoms with Crippen LogP contribution in [0, 0.1) is 5.92 Å². The first kappa shape index (κ1) is 13.0. The van der Waals surface area contributed by atoms with E-state index in [4.69, 9.17) is 5.73 Å². The van der Waals surface area contributed by atoms with Gasteiger partial charge in [0.25, 0.3) is 0 Å². The first-order valence-corrected chi connectivity index (χ1v) is 7.76. The van der Waals surface area contributed by atoms with E-state index in [2.05, 4.69) is 57.0 Å². The van der Waals surface area contributed by atoms with Crippen molar-refractivity contribution >= 4 is 27.6 Å². The topological polar surface area (TPSA) is 41.6 Å². The third-order valence-corrected chi connectivity index (χ3v) is 5.06. The monoisotopic (exact) mass is 321 g/mol. The molecule has 0 aromatic heterocycles. The van der Waals surface area contributed by atoms with Crippen molar-refractivity contribution in [2.45, 2.75) is 38.1 Å². The molecule has 3 nitrogen and oxygen atoms in total. The smallest absolute Gasteiger partial charge is 0.196 e. The minimum atomic E-state index is 0.129. The molecule has 102 valence electrons. The van der Waals surface area contributed by atoms with E-state index < -0.39 is 0 Å². The van der Waals surface area contributed by atoms with E-state index in [0.717, 1.165) is 22.6 Å². The van der Waals surface area contributed by atoms with Gasteiger partial charge >= 0.3 is 0 Å². The molecule has 2 N–H and O–H groups in total. The second-order valence-electron chi connectivity index (χ2n) is 5.89. The SMILES string of the molecule is CC1CCC2(CC1)CN=C(N)N2c1ccc(Br)cc1. The maximum absolute atomic E-state index is 6.15. The number of anilines is 1. The molecule has 1 aromatic rings. The van der Waals surface area contributed by atoms with Crippen molar-refractivity contribution in [1.29, 1.82) is 0 Å². The Hall–Kier alpha value is -1.03. The van der Waals surface area contributed by atoms with Gasteiger partial charge in [0.1, 0.15) is 0 Å². The maximum atomic E-state index is 6.15. The Labute approximate surface area is 123 Å². The second-order valence-corrected chi connectivity index (χ2v) is 6.81. The molecule has 1 spiro atoms. The quantitative estimate of drug-likeness (QED) is 0.859. The molecule has 1 fully saturated rings. The lowest BCUT2D eigenvalue weighted by atomic mass is 9.76. The van der Waals surface area contributed by atoms with Gasteiger partial charge in [-0.2, -0.15) is 0 Å². The Morgan fingerprint density at radius 3 is 2.53 bits per heavy atom. The molecular formula is C15H20BrN3. The lowest BCUT2D eigenvalue weighted by molar-refractivity contribution is 0.261. The van der Waals surface area contributed by atoms with E-state index in [0.29, 0.717) is 5.96 Å². The Morgan fingerprint density at radius 1 is 1.26 bits per heavy atom. The molecule has 1 saturated carbocycles. The number of hydrogen-bond acceptors (Lipinski definition) is 3. The molecule has 0 saturated heterocycles. The van der Waals surface area contributed by atoms with Gasteiger partial charge in [0, 0.05) is 10.2 Å². The summed E-state index contributed by atoms with van der Waals surface area (Å²) in [6, 6.07) is 8.38. The molecule has 2 aliphatic rings. The van der Waals surface area contributed by atoms with E-state index in [-0.39, 0.29) is 5.54 Å². The van der Waals surface area contributed by atoms with Crippen LogP contribution in [-0.4, -0.2) is 18.0 Å². The fourth-order valence-corrected chi connectivity index (χ4v) is 3.55. The number of benzene rings is 1. The van der Waals surface area contributed by atoms with Crippen molar-refractivity contribution < 1.29 is 0 Å². The van der Waals surface area contributed by atoms with E-state index in [1.807, 2.05) is 0 Å². The van der Waals surface area contributed by atoms with Crippen LogP contribution in [-0.2, 0) is 0 Å². The zero-order valence-corrected chi connectivity index (χ0v) is 12.9. The van der Waals surface area contributed by atoms with Gasteiger partial charge in [-0.3, -0.25) is 4.99 Å². The highest BCUT2D eigenvalue weighted by Crippen LogP contribution is 2.41. The third kappa shape index (κ3) is 2.27. The molecule has 1 aliphatic heterocycles. The number of nitrogens with two attached hydrogens (primary N) is 1. The second kappa shape index (κ2) is 4.82. The van der Waals surface area contributed by atoms with Crippen molar-refractivity contribution in [2.24, 2.45) is 16.6 Å². The average molecular weight is 322 g/mol. The molecule has 1 aliphatic carbocycles. The fourth-order valence-electron chi connectivity index (χ4n) is 3.29. The number of hydrogen-bond donors (Lipinski definition) is 1. The summed E-state index contributed by atoms with van der Waals surface area (Å²) in [5.74, 6) is 1.51. The van der Waals surface area contributed by atoms with Gasteiger partial charge in [0.15, 0.2) is 5.96 Å². The zero-order valence-electron chi connectivity index (χ0n) is 11.3. The highest BCUT2D eigenvalue weighted by atomic mass is 79.9. The summed E-state index contributed by atoms with van der Waals surface area (Å²) in [5.41, 5.74) is 7.45. The van der Waals surface area contributed by atoms with E-state index in [1.165, 1.54) is 25.7 Å². The fraction of sp³-hybridized carbons (Fsp3) is 0.533. The minimum absolute atomic E-state index is 0.129. The molecule has 0 atom stereocenters. The minimum Gasteiger partial charge on any atom is -0.369 e. The summed E-state index contributed by atoms with van der Waals surface area (Å²) in [4.78, 5) is 6.80. The van der Waals surface area contributed by atoms with Crippen LogP contribution in [0.4, 0.5) is 5.69 Å². The summed E-state index contributed by atoms with van der Waals surface area (Å²) in [5, 5.41) is 0. The van der Waals surface area contributed by atoms with Crippen LogP contribution in [0.5, 0.6) is 0 Å². The Kier molecular flexibility index (Phi) is 3.29. The maximum Gasteiger partial charge on any atom is 0.196 e. The molecule has 4 heteroatoms. The number of rotatable bonds is 1. The van der Waals surface area contributed by atoms with Gasteiger partial charge in [0.05, 0.1) is 12.1 Å². The summed E-state index contributed by atoms with van der Waals surface area (Å²) in [6.45, 7) is 3.19. The highest BCUT2D eigenvalue weighted by Gasteiger charge is 2.44. The Balaban J connectivity index is 1.92. The molecule has 0 amide bonds. The van der Waals surface area contributed by atoms with Gasteiger partial charge in [-0.25, -0.2) is 0 Å². The van der Waals surface area contributed by atoms with Gasteiger partial charge in [-0.05, 0) is 55.9 Å². The van der Waals surface area contributed by atoms with E-state index in [9.17, 15) is 0 Å². The van der Waals surface area contributed by atoms with Crippen molar-refractivity contribution in [3.05, 3.63) is 28.7 Å². The molecule has 19 heavy (non-hydrogen) atoms. The summed E-state index contributed by atoms with van der Waals surface area (Å²) in [6.07, 6.45) is 4.93. The summed E-state index contributed by atoms with van der Waals surface area (Å²) in [7, 11) is 0. The number of aliphatic imine (C=N–C) groups is 1. The van der Waals surface area contributed by atoms with Crippen LogP contribution >= 0.6 is 15.9 Å². The van der Waals surface area contributed by atoms with Crippen LogP contribution in [0.3, 0.4) is 0 Å². The summed E-state index contributed by atoms with van der Waals surface area (Å²) < 4.78 is 1.09. The lowest BCUT2D eigenvalue weighted by Gasteiger charge is -2.43. The Morgan fingerprint density at radius 2 is 1.89 bits per heavy atom. The molecule has 3 rings (SSSR count). The van der Waals surface area contributed by atoms with Crippen molar-refractivity contribution in [2.75, 3.05) is 11.4 Å². The normalized spacial score (nSPS) is 30.7. The van der Waals surface area contributed by atoms with Gasteiger partial charge in [0.2, 0.25) is 0 Å². The number of nitrogens with zero attached hydrogens (tertiary/aromatic N) is 2. The largest absolute Gasteiger partial charge is 0.369 e. The lowest BCUT2D eigenvalue weighted by Crippen LogP contribution is -2.53. The van der Waals surface area contributed by atoms with Crippen LogP contribution in [0.1, 0.15) is 32.6 Å². The Bertz CT molecular complexity index is 487. The predicted octanol–water partition coefficient (Wildman–Crippen LogP) is 3.53. The van der Waals surface area contributed by atoms with Crippen LogP contribution in [0.2, 0.25) is 0 Å². The first-order valence-electron chi connectivity index (χ1n) is 6.96. The van der Waals surface area contributed by atoms with Gasteiger partial charge in [-0.1, -0.05) is 22.9 Å². The average Bonchev–Trinajstić information content (AvgIpc) is 2.72. The number of guanidine groups is 1. The highest BCUT2D eigenvalue weighted by molar-refractivity contribution is 9.10. The molecule has 1 aromatic carbocycles. The molecular weight excluding hydrogens is 302 g/mol. The third-order valence-electron chi connectivity index (χ3n) is 4.53. The van der Waals surface area contributed by atoms with Crippen LogP contribution in [0.15, 0.2) is 33.7 Å². The predicted molar refractivity (Wildman–Crippen MR) is 83.5 cm³/mol. The van der Waals surface area contributed by atoms with Gasteiger partial charge < -0.3 is 10.6 Å². The first-order chi connectivity index (χ1) is 9.11. The molecule has 0 radical (unpaired) electrons. The summed E-state index contributed by atoms with van der Waals surface area (Å²) >= 11 is 3.48. The van der Waals surface area contributed by atoms with Crippen molar-refractivity contribution in [1.82, 2.24) is 0 Å². The van der Waals surface area contributed by atoms with Crippen LogP contribution < -0.4 is 10.6 Å². The van der Waals surface area contributed by atoms with Crippen molar-refractivity contribution in [3.8, 4) is 0 Å². The van der Waals surface area contributed by atoms with Gasteiger partial charge in [-0.15, -0.1) is 0 Å². The van der Waals surface area contributed by atoms with Crippen LogP contribution in [0.25, 0.3) is 0 Å². The van der Waals surface area contributed by atoms with E-state index in [1.54, 1.807) is 0 Å². The molecule has 0 unspecified atom stereocenters. The standard InChI is InChI=1S/C15H20BrN3/c1-11-6-8-15(9-7-11)10-18-14(17)19(15)13-4-2-12(16)3-5-13/h2-5,11H,6-10H2,1H3,(H2,17,18). The zero-order chi connectivity index (χ0) is 13.5. The van der Waals surface area contributed by atoms with Crippen molar-refractivity contribution in [3.63, 3.8) is 0 Å².